The molecular weight excluding hydrogens is 340 g/mol. The molecule has 0 bridgehead atoms. The molecule has 2 heterocycles. The third kappa shape index (κ3) is 3.13. The Kier molecular flexibility index (Phi) is 4.30. The Labute approximate surface area is 155 Å². The van der Waals surface area contributed by atoms with Crippen LogP contribution in [0.5, 0.6) is 0 Å². The van der Waals surface area contributed by atoms with Gasteiger partial charge in [0.15, 0.2) is 5.65 Å². The maximum absolute atomic E-state index is 13.0. The zero-order valence-corrected chi connectivity index (χ0v) is 14.8. The average molecular weight is 358 g/mol. The largest absolute Gasteiger partial charge is 0.335 e. The lowest BCUT2D eigenvalue weighted by molar-refractivity contribution is -0.116. The molecule has 2 aromatic heterocycles. The molecule has 4 aromatic rings. The quantitative estimate of drug-likeness (QED) is 0.609. The third-order valence-corrected chi connectivity index (χ3v) is 4.43. The first-order valence-electron chi connectivity index (χ1n) is 8.62. The summed E-state index contributed by atoms with van der Waals surface area (Å²) in [5.41, 5.74) is 3.26. The van der Waals surface area contributed by atoms with E-state index in [1.165, 1.54) is 9.13 Å². The molecular formula is C21H18N4O2. The molecule has 0 aliphatic rings. The maximum Gasteiger partial charge on any atom is 0.335 e. The minimum atomic E-state index is -0.296. The van der Waals surface area contributed by atoms with Crippen LogP contribution in [-0.2, 0) is 11.3 Å². The lowest BCUT2D eigenvalue weighted by atomic mass is 10.2. The zero-order valence-electron chi connectivity index (χ0n) is 14.8. The molecule has 0 aliphatic carbocycles. The SMILES string of the molecule is Cc1ccccc1NC(=O)Cn1c(=O)n(-c2ccccc2)c2ncccc21. The van der Waals surface area contributed by atoms with Crippen molar-refractivity contribution in [3.05, 3.63) is 89.0 Å². The van der Waals surface area contributed by atoms with Crippen molar-refractivity contribution in [1.82, 2.24) is 14.1 Å². The number of carbonyl (C=O) groups excluding carboxylic acids is 1. The fraction of sp³-hybridized carbons (Fsp3) is 0.0952. The van der Waals surface area contributed by atoms with Gasteiger partial charge in [0.05, 0.1) is 11.2 Å². The summed E-state index contributed by atoms with van der Waals surface area (Å²) in [5.74, 6) is -0.262. The highest BCUT2D eigenvalue weighted by molar-refractivity contribution is 5.92. The van der Waals surface area contributed by atoms with Gasteiger partial charge in [-0.1, -0.05) is 36.4 Å². The van der Waals surface area contributed by atoms with Gasteiger partial charge in [-0.25, -0.2) is 14.3 Å². The van der Waals surface area contributed by atoms with E-state index >= 15 is 0 Å². The molecule has 0 radical (unpaired) electrons. The summed E-state index contributed by atoms with van der Waals surface area (Å²) >= 11 is 0. The van der Waals surface area contributed by atoms with Gasteiger partial charge in [0.1, 0.15) is 6.54 Å². The average Bonchev–Trinajstić information content (AvgIpc) is 2.96. The number of amides is 1. The van der Waals surface area contributed by atoms with E-state index in [1.807, 2.05) is 61.5 Å². The molecule has 0 saturated heterocycles. The van der Waals surface area contributed by atoms with Crippen LogP contribution in [0.25, 0.3) is 16.9 Å². The van der Waals surface area contributed by atoms with Crippen molar-refractivity contribution in [2.24, 2.45) is 0 Å². The van der Waals surface area contributed by atoms with E-state index in [9.17, 15) is 9.59 Å². The van der Waals surface area contributed by atoms with Gasteiger partial charge >= 0.3 is 5.69 Å². The predicted octanol–water partition coefficient (Wildman–Crippen LogP) is 3.13. The van der Waals surface area contributed by atoms with Crippen molar-refractivity contribution in [2.75, 3.05) is 5.32 Å². The van der Waals surface area contributed by atoms with Crippen molar-refractivity contribution < 1.29 is 4.79 Å². The van der Waals surface area contributed by atoms with Crippen LogP contribution in [0, 0.1) is 6.92 Å². The molecule has 0 atom stereocenters. The topological polar surface area (TPSA) is 68.9 Å². The lowest BCUT2D eigenvalue weighted by Crippen LogP contribution is -2.29. The minimum Gasteiger partial charge on any atom is -0.324 e. The summed E-state index contributed by atoms with van der Waals surface area (Å²) in [6.45, 7) is 1.84. The standard InChI is InChI=1S/C21H18N4O2/c1-15-8-5-6-11-17(15)23-19(26)14-24-18-12-7-13-22-20(18)25(21(24)27)16-9-3-2-4-10-16/h2-13H,14H2,1H3,(H,23,26). The minimum absolute atomic E-state index is 0.0881. The number of para-hydroxylation sites is 2. The number of nitrogens with one attached hydrogen (secondary N) is 1. The molecule has 0 aliphatic heterocycles. The number of nitrogens with zero attached hydrogens (tertiary/aromatic N) is 3. The molecule has 6 heteroatoms. The maximum atomic E-state index is 13.0. The number of anilines is 1. The van der Waals surface area contributed by atoms with Crippen LogP contribution >= 0.6 is 0 Å². The van der Waals surface area contributed by atoms with E-state index in [4.69, 9.17) is 0 Å². The molecule has 1 N–H and O–H groups in total. The summed E-state index contributed by atoms with van der Waals surface area (Å²) < 4.78 is 2.97. The van der Waals surface area contributed by atoms with Crippen LogP contribution in [0.2, 0.25) is 0 Å². The third-order valence-electron chi connectivity index (χ3n) is 4.43. The molecule has 134 valence electrons. The van der Waals surface area contributed by atoms with Crippen molar-refractivity contribution in [2.45, 2.75) is 13.5 Å². The Morgan fingerprint density at radius 3 is 2.52 bits per heavy atom. The molecule has 6 nitrogen and oxygen atoms in total. The summed E-state index contributed by atoms with van der Waals surface area (Å²) in [6, 6.07) is 20.4. The molecule has 0 fully saturated rings. The van der Waals surface area contributed by atoms with Gasteiger partial charge in [-0.3, -0.25) is 9.36 Å². The highest BCUT2D eigenvalue weighted by atomic mass is 16.2. The fourth-order valence-electron chi connectivity index (χ4n) is 3.09. The molecule has 0 unspecified atom stereocenters. The van der Waals surface area contributed by atoms with Crippen LogP contribution in [0.3, 0.4) is 0 Å². The van der Waals surface area contributed by atoms with E-state index < -0.39 is 0 Å². The van der Waals surface area contributed by atoms with Crippen LogP contribution < -0.4 is 11.0 Å². The Hall–Kier alpha value is -3.67. The first-order valence-corrected chi connectivity index (χ1v) is 8.62. The molecule has 1 amide bonds. The second kappa shape index (κ2) is 6.92. The summed E-state index contributed by atoms with van der Waals surface area (Å²) in [7, 11) is 0. The highest BCUT2D eigenvalue weighted by Gasteiger charge is 2.17. The van der Waals surface area contributed by atoms with Gasteiger partial charge in [0.25, 0.3) is 0 Å². The van der Waals surface area contributed by atoms with E-state index in [0.29, 0.717) is 16.9 Å². The number of rotatable bonds is 4. The van der Waals surface area contributed by atoms with Crippen LogP contribution in [0.4, 0.5) is 5.69 Å². The smallest absolute Gasteiger partial charge is 0.324 e. The number of aromatic nitrogens is 3. The van der Waals surface area contributed by atoms with Crippen molar-refractivity contribution in [1.29, 1.82) is 0 Å². The number of benzene rings is 2. The highest BCUT2D eigenvalue weighted by Crippen LogP contribution is 2.16. The number of imidazole rings is 1. The Balaban J connectivity index is 1.75. The first-order chi connectivity index (χ1) is 13.1. The van der Waals surface area contributed by atoms with Crippen molar-refractivity contribution >= 4 is 22.8 Å². The normalized spacial score (nSPS) is 10.9. The lowest BCUT2D eigenvalue weighted by Gasteiger charge is -2.08. The number of carbonyl (C=O) groups is 1. The second-order valence-electron chi connectivity index (χ2n) is 6.25. The van der Waals surface area contributed by atoms with Gasteiger partial charge in [0, 0.05) is 11.9 Å². The van der Waals surface area contributed by atoms with Crippen molar-refractivity contribution in [3.8, 4) is 5.69 Å². The Morgan fingerprint density at radius 1 is 1.00 bits per heavy atom. The number of fused-ring (bicyclic) bond motifs is 1. The van der Waals surface area contributed by atoms with Gasteiger partial charge in [0.2, 0.25) is 5.91 Å². The molecule has 0 saturated carbocycles. The molecule has 2 aromatic carbocycles. The number of hydrogen-bond donors (Lipinski definition) is 1. The molecule has 0 spiro atoms. The number of pyridine rings is 1. The van der Waals surface area contributed by atoms with E-state index in [-0.39, 0.29) is 18.1 Å². The van der Waals surface area contributed by atoms with Gasteiger partial charge < -0.3 is 5.32 Å². The fourth-order valence-corrected chi connectivity index (χ4v) is 3.09. The molecule has 27 heavy (non-hydrogen) atoms. The summed E-state index contributed by atoms with van der Waals surface area (Å²) in [4.78, 5) is 30.0. The number of aryl methyl sites for hydroxylation is 1. The second-order valence-corrected chi connectivity index (χ2v) is 6.25. The number of hydrogen-bond acceptors (Lipinski definition) is 3. The van der Waals surface area contributed by atoms with Crippen molar-refractivity contribution in [3.63, 3.8) is 0 Å². The van der Waals surface area contributed by atoms with Crippen LogP contribution in [0.15, 0.2) is 77.7 Å². The van der Waals surface area contributed by atoms with E-state index in [1.54, 1.807) is 18.3 Å². The summed E-state index contributed by atoms with van der Waals surface area (Å²) in [5, 5.41) is 2.87. The Morgan fingerprint density at radius 2 is 1.74 bits per heavy atom. The summed E-state index contributed by atoms with van der Waals surface area (Å²) in [6.07, 6.45) is 1.64. The predicted molar refractivity (Wildman–Crippen MR) is 105 cm³/mol. The first kappa shape index (κ1) is 16.8. The van der Waals surface area contributed by atoms with Crippen LogP contribution in [0.1, 0.15) is 5.56 Å². The van der Waals surface area contributed by atoms with E-state index in [0.717, 1.165) is 11.3 Å². The van der Waals surface area contributed by atoms with Gasteiger partial charge in [-0.15, -0.1) is 0 Å². The zero-order chi connectivity index (χ0) is 18.8. The van der Waals surface area contributed by atoms with Crippen LogP contribution in [-0.4, -0.2) is 20.0 Å². The monoisotopic (exact) mass is 358 g/mol. The van der Waals surface area contributed by atoms with E-state index in [2.05, 4.69) is 10.3 Å². The van der Waals surface area contributed by atoms with Gasteiger partial charge in [-0.2, -0.15) is 0 Å². The van der Waals surface area contributed by atoms with Gasteiger partial charge in [-0.05, 0) is 42.8 Å². The Bertz CT molecular complexity index is 1180. The molecule has 4 rings (SSSR count).